The Kier molecular flexibility index (Phi) is 7.90. The van der Waals surface area contributed by atoms with E-state index in [1.54, 1.807) is 0 Å². The van der Waals surface area contributed by atoms with E-state index >= 15 is 0 Å². The minimum absolute atomic E-state index is 0.226. The summed E-state index contributed by atoms with van der Waals surface area (Å²) in [7, 11) is -3.12. The van der Waals surface area contributed by atoms with Gasteiger partial charge in [-0.05, 0) is 11.7 Å². The summed E-state index contributed by atoms with van der Waals surface area (Å²) in [5.74, 6) is -1.10. The number of carbonyl (C=O) groups excluding carboxylic acids is 2. The van der Waals surface area contributed by atoms with Crippen LogP contribution in [0.25, 0.3) is 0 Å². The summed E-state index contributed by atoms with van der Waals surface area (Å²) in [6.45, 7) is 6.06. The molecule has 0 aromatic carbocycles. The maximum Gasteiger partial charge on any atom is 0.491 e. The van der Waals surface area contributed by atoms with Crippen molar-refractivity contribution in [1.82, 2.24) is 0 Å². The second-order valence-electron chi connectivity index (χ2n) is 4.18. The molecule has 116 valence electrons. The highest BCUT2D eigenvalue weighted by Gasteiger charge is 2.46. The zero-order valence-electron chi connectivity index (χ0n) is 12.3. The fourth-order valence-electron chi connectivity index (χ4n) is 1.66. The van der Waals surface area contributed by atoms with Gasteiger partial charge in [0.2, 0.25) is 0 Å². The lowest BCUT2D eigenvalue weighted by molar-refractivity contribution is -0.138. The second kappa shape index (κ2) is 8.32. The van der Waals surface area contributed by atoms with Crippen LogP contribution in [-0.2, 0) is 27.3 Å². The topological polar surface area (TPSA) is 91.3 Å². The van der Waals surface area contributed by atoms with Crippen molar-refractivity contribution in [2.75, 3.05) is 20.4 Å². The van der Waals surface area contributed by atoms with Crippen molar-refractivity contribution < 1.29 is 32.4 Å². The van der Waals surface area contributed by atoms with Gasteiger partial charge in [0, 0.05) is 34.1 Å². The van der Waals surface area contributed by atoms with Gasteiger partial charge in [0.15, 0.2) is 0 Å². The highest BCUT2D eigenvalue weighted by Crippen LogP contribution is 2.24. The Morgan fingerprint density at radius 3 is 1.80 bits per heavy atom. The molecule has 0 unspecified atom stereocenters. The molecule has 1 N–H and O–H groups in total. The zero-order chi connectivity index (χ0) is 15.8. The molecule has 0 aromatic rings. The van der Waals surface area contributed by atoms with Crippen LogP contribution in [0.2, 0.25) is 12.1 Å². The van der Waals surface area contributed by atoms with Crippen molar-refractivity contribution in [3.63, 3.8) is 0 Å². The molecule has 0 fully saturated rings. The summed E-state index contributed by atoms with van der Waals surface area (Å²) < 4.78 is 20.9. The summed E-state index contributed by atoms with van der Waals surface area (Å²) in [6.07, 6.45) is -0.248. The van der Waals surface area contributed by atoms with Gasteiger partial charge in [-0.25, -0.2) is 0 Å². The van der Waals surface area contributed by atoms with Gasteiger partial charge in [-0.2, -0.15) is 0 Å². The van der Waals surface area contributed by atoms with Crippen molar-refractivity contribution in [3.8, 4) is 0 Å². The predicted molar refractivity (Wildman–Crippen MR) is 76.0 cm³/mol. The van der Waals surface area contributed by atoms with Crippen LogP contribution in [0.3, 0.4) is 0 Å². The second-order valence-corrected chi connectivity index (χ2v) is 10.6. The number of aliphatic hydroxyl groups excluding tert-OH is 1. The molecule has 0 saturated carbocycles. The summed E-state index contributed by atoms with van der Waals surface area (Å²) >= 11 is 0. The van der Waals surface area contributed by atoms with E-state index < -0.39 is 29.1 Å². The number of carbonyl (C=O) groups is 2. The van der Waals surface area contributed by atoms with Gasteiger partial charge in [-0.1, -0.05) is 0 Å². The van der Waals surface area contributed by atoms with Crippen LogP contribution in [0.5, 0.6) is 0 Å². The Balaban J connectivity index is 5.09. The number of rotatable bonds is 9. The molecule has 0 spiro atoms. The van der Waals surface area contributed by atoms with Gasteiger partial charge in [0.1, 0.15) is 0 Å². The Hall–Kier alpha value is -1.01. The zero-order valence-corrected chi connectivity index (χ0v) is 14.3. The maximum atomic E-state index is 11.2. The average Bonchev–Trinajstić information content (AvgIpc) is 2.39. The normalized spacial score (nSPS) is 11.8. The van der Waals surface area contributed by atoms with E-state index in [1.807, 2.05) is 0 Å². The molecule has 0 radical (unpaired) electrons. The third-order valence-corrected chi connectivity index (χ3v) is 9.10. The van der Waals surface area contributed by atoms with Gasteiger partial charge >= 0.3 is 17.1 Å². The van der Waals surface area contributed by atoms with Crippen LogP contribution in [0.15, 0.2) is 12.3 Å². The molecule has 0 saturated heterocycles. The Morgan fingerprint density at radius 2 is 1.55 bits per heavy atom. The maximum absolute atomic E-state index is 11.2. The van der Waals surface area contributed by atoms with Crippen molar-refractivity contribution in [2.24, 2.45) is 0 Å². The number of aliphatic hydroxyl groups is 1. The standard InChI is InChI=1S/C11H22O7Si2/c1-6-19(17-10(2)13,18-11(3)14)7-8-20(9-12,15-4)16-5/h6,12H,1,7-9H2,2-5H3. The molecule has 20 heavy (non-hydrogen) atoms. The Morgan fingerprint density at radius 1 is 1.10 bits per heavy atom. The summed E-state index contributed by atoms with van der Waals surface area (Å²) in [5.41, 5.74) is 1.37. The third-order valence-electron chi connectivity index (χ3n) is 2.78. The van der Waals surface area contributed by atoms with Gasteiger partial charge in [-0.15, -0.1) is 6.58 Å². The molecular formula is C11H22O7Si2. The molecule has 0 rings (SSSR count). The van der Waals surface area contributed by atoms with Crippen LogP contribution >= 0.6 is 0 Å². The molecule has 9 heteroatoms. The molecule has 0 aliphatic heterocycles. The van der Waals surface area contributed by atoms with E-state index in [4.69, 9.17) is 17.7 Å². The molecule has 0 aromatic heterocycles. The Bertz CT molecular complexity index is 330. The van der Waals surface area contributed by atoms with Crippen LogP contribution in [0.4, 0.5) is 0 Å². The molecule has 0 heterocycles. The van der Waals surface area contributed by atoms with Crippen molar-refractivity contribution >= 4 is 29.1 Å². The van der Waals surface area contributed by atoms with E-state index in [2.05, 4.69) is 6.58 Å². The smallest absolute Gasteiger partial charge is 0.482 e. The Labute approximate surface area is 121 Å². The molecular weight excluding hydrogens is 300 g/mol. The molecule has 0 aliphatic rings. The largest absolute Gasteiger partial charge is 0.491 e. The quantitative estimate of drug-likeness (QED) is 0.620. The molecule has 0 amide bonds. The minimum Gasteiger partial charge on any atom is -0.482 e. The molecule has 0 bridgehead atoms. The summed E-state index contributed by atoms with van der Waals surface area (Å²) in [4.78, 5) is 22.4. The molecule has 0 atom stereocenters. The lowest BCUT2D eigenvalue weighted by atomic mass is 10.9. The highest BCUT2D eigenvalue weighted by molar-refractivity contribution is 6.77. The van der Waals surface area contributed by atoms with Crippen molar-refractivity contribution in [2.45, 2.75) is 25.9 Å². The first kappa shape index (κ1) is 19.0. The summed E-state index contributed by atoms with van der Waals surface area (Å²) in [6, 6.07) is 0.541. The van der Waals surface area contributed by atoms with Crippen LogP contribution in [0.1, 0.15) is 13.8 Å². The SMILES string of the molecule is C=C[Si](CC[Si](CO)(OC)OC)(OC(C)=O)OC(C)=O. The lowest BCUT2D eigenvalue weighted by Gasteiger charge is -2.30. The first-order valence-corrected chi connectivity index (χ1v) is 10.4. The van der Waals surface area contributed by atoms with Gasteiger partial charge in [0.25, 0.3) is 11.9 Å². The predicted octanol–water partition coefficient (Wildman–Crippen LogP) is 0.546. The molecule has 7 nitrogen and oxygen atoms in total. The van der Waals surface area contributed by atoms with Crippen molar-refractivity contribution in [1.29, 1.82) is 0 Å². The van der Waals surface area contributed by atoms with Gasteiger partial charge < -0.3 is 22.8 Å². The third kappa shape index (κ3) is 5.55. The average molecular weight is 322 g/mol. The first-order chi connectivity index (χ1) is 9.28. The lowest BCUT2D eigenvalue weighted by Crippen LogP contribution is -2.49. The van der Waals surface area contributed by atoms with E-state index in [0.29, 0.717) is 6.04 Å². The van der Waals surface area contributed by atoms with Crippen LogP contribution < -0.4 is 0 Å². The van der Waals surface area contributed by atoms with Gasteiger partial charge in [-0.3, -0.25) is 9.59 Å². The first-order valence-electron chi connectivity index (χ1n) is 6.02. The van der Waals surface area contributed by atoms with E-state index in [0.717, 1.165) is 0 Å². The van der Waals surface area contributed by atoms with Crippen LogP contribution in [-0.4, -0.2) is 54.6 Å². The van der Waals surface area contributed by atoms with E-state index in [1.165, 1.54) is 33.8 Å². The van der Waals surface area contributed by atoms with Gasteiger partial charge in [0.05, 0.1) is 6.23 Å². The van der Waals surface area contributed by atoms with Crippen LogP contribution in [0, 0.1) is 0 Å². The van der Waals surface area contributed by atoms with E-state index in [9.17, 15) is 14.7 Å². The molecule has 0 aliphatic carbocycles. The fourth-order valence-corrected chi connectivity index (χ4v) is 7.15. The minimum atomic E-state index is -3.23. The van der Waals surface area contributed by atoms with Crippen molar-refractivity contribution in [3.05, 3.63) is 12.3 Å². The van der Waals surface area contributed by atoms with E-state index in [-0.39, 0.29) is 12.3 Å². The number of hydrogen-bond donors (Lipinski definition) is 1. The summed E-state index contributed by atoms with van der Waals surface area (Å²) in [5, 5.41) is 9.40. The monoisotopic (exact) mass is 322 g/mol. The number of hydrogen-bond acceptors (Lipinski definition) is 7. The fraction of sp³-hybridized carbons (Fsp3) is 0.636. The highest BCUT2D eigenvalue weighted by atomic mass is 28.4.